The van der Waals surface area contributed by atoms with Gasteiger partial charge >= 0.3 is 11.9 Å². The fourth-order valence-corrected chi connectivity index (χ4v) is 5.89. The Balaban J connectivity index is 1.89. The van der Waals surface area contributed by atoms with Crippen molar-refractivity contribution in [2.45, 2.75) is 10.8 Å². The molecule has 2 N–H and O–H groups in total. The van der Waals surface area contributed by atoms with Gasteiger partial charge in [0.1, 0.15) is 11.5 Å². The molecule has 2 heterocycles. The van der Waals surface area contributed by atoms with E-state index in [9.17, 15) is 23.3 Å². The number of hydrogen-bond donors (Lipinski definition) is 1. The number of nitrogens with zero attached hydrogens (tertiary/aromatic N) is 3. The van der Waals surface area contributed by atoms with E-state index >= 15 is 0 Å². The van der Waals surface area contributed by atoms with Crippen LogP contribution in [0.1, 0.15) is 11.5 Å². The van der Waals surface area contributed by atoms with Crippen molar-refractivity contribution in [3.05, 3.63) is 82.8 Å². The van der Waals surface area contributed by atoms with Crippen LogP contribution in [0, 0.1) is 11.3 Å². The number of rotatable bonds is 6. The zero-order valence-corrected chi connectivity index (χ0v) is 21.6. The topological polar surface area (TPSA) is 152 Å². The number of nitrogens with two attached hydrogens (primary N) is 1. The second-order valence-electron chi connectivity index (χ2n) is 8.35. The fraction of sp³-hybridized carbons (Fsp3) is 0.269. The Morgan fingerprint density at radius 3 is 2.16 bits per heavy atom. The molecule has 1 unspecified atom stereocenters. The van der Waals surface area contributed by atoms with Gasteiger partial charge in [0.05, 0.1) is 55.5 Å². The molecule has 1 saturated heterocycles. The summed E-state index contributed by atoms with van der Waals surface area (Å²) in [6.45, 7) is 1.07. The highest BCUT2D eigenvalue weighted by Crippen LogP contribution is 2.43. The molecule has 2 aromatic carbocycles. The molecule has 0 aromatic heterocycles. The van der Waals surface area contributed by atoms with Crippen molar-refractivity contribution in [2.24, 2.45) is 5.73 Å². The molecule has 12 heteroatoms. The Bertz CT molecular complexity index is 1440. The van der Waals surface area contributed by atoms with Gasteiger partial charge < -0.3 is 19.9 Å². The molecule has 38 heavy (non-hydrogen) atoms. The van der Waals surface area contributed by atoms with Gasteiger partial charge in [0.15, 0.2) is 0 Å². The largest absolute Gasteiger partial charge is 0.466 e. The van der Waals surface area contributed by atoms with Gasteiger partial charge in [0.2, 0.25) is 10.0 Å². The molecule has 4 rings (SSSR count). The molecule has 0 bridgehead atoms. The SMILES string of the molecule is COC(=O)C1=C(C(=O)OC)N(c2ccc(S(=O)(=O)N3CCOCC3)cc2)C(N)=C(C#N)C1c1ccccc1. The first kappa shape index (κ1) is 26.9. The Kier molecular flexibility index (Phi) is 7.82. The zero-order chi connectivity index (χ0) is 27.4. The van der Waals surface area contributed by atoms with Crippen LogP contribution in [0.25, 0.3) is 0 Å². The van der Waals surface area contributed by atoms with Gasteiger partial charge in [-0.25, -0.2) is 18.0 Å². The van der Waals surface area contributed by atoms with Gasteiger partial charge in [-0.3, -0.25) is 4.90 Å². The second-order valence-corrected chi connectivity index (χ2v) is 10.3. The van der Waals surface area contributed by atoms with Crippen molar-refractivity contribution >= 4 is 27.6 Å². The lowest BCUT2D eigenvalue weighted by atomic mass is 9.81. The highest BCUT2D eigenvalue weighted by molar-refractivity contribution is 7.89. The van der Waals surface area contributed by atoms with E-state index in [1.165, 1.54) is 33.5 Å². The van der Waals surface area contributed by atoms with E-state index < -0.39 is 27.9 Å². The molecule has 0 saturated carbocycles. The normalized spacial score (nSPS) is 18.7. The number of hydrogen-bond acceptors (Lipinski definition) is 10. The number of carbonyl (C=O) groups excluding carboxylic acids is 2. The first-order valence-corrected chi connectivity index (χ1v) is 13.0. The maximum absolute atomic E-state index is 13.1. The minimum atomic E-state index is -3.78. The molecular weight excluding hydrogens is 512 g/mol. The van der Waals surface area contributed by atoms with E-state index in [1.807, 2.05) is 0 Å². The number of anilines is 1. The van der Waals surface area contributed by atoms with Gasteiger partial charge in [-0.05, 0) is 29.8 Å². The lowest BCUT2D eigenvalue weighted by Crippen LogP contribution is -2.41. The Hall–Kier alpha value is -4.18. The van der Waals surface area contributed by atoms with Gasteiger partial charge in [0, 0.05) is 18.8 Å². The number of carbonyl (C=O) groups is 2. The molecule has 0 radical (unpaired) electrons. The Morgan fingerprint density at radius 2 is 1.61 bits per heavy atom. The molecule has 2 aliphatic heterocycles. The number of nitriles is 1. The summed E-state index contributed by atoms with van der Waals surface area (Å²) in [7, 11) is -1.47. The molecular formula is C26H26N4O7S. The minimum absolute atomic E-state index is 0.00858. The van der Waals surface area contributed by atoms with Crippen molar-refractivity contribution < 1.29 is 32.2 Å². The van der Waals surface area contributed by atoms with Crippen LogP contribution in [0.15, 0.2) is 82.2 Å². The van der Waals surface area contributed by atoms with Gasteiger partial charge in [-0.15, -0.1) is 0 Å². The number of methoxy groups -OCH3 is 2. The summed E-state index contributed by atoms with van der Waals surface area (Å²) in [4.78, 5) is 27.5. The zero-order valence-electron chi connectivity index (χ0n) is 20.8. The monoisotopic (exact) mass is 538 g/mol. The van der Waals surface area contributed by atoms with Crippen LogP contribution in [0.4, 0.5) is 5.69 Å². The van der Waals surface area contributed by atoms with Crippen LogP contribution in [0.5, 0.6) is 0 Å². The third-order valence-corrected chi connectivity index (χ3v) is 8.23. The number of morpholine rings is 1. The Labute approximate surface area is 220 Å². The third-order valence-electron chi connectivity index (χ3n) is 6.31. The maximum Gasteiger partial charge on any atom is 0.355 e. The molecule has 11 nitrogen and oxygen atoms in total. The lowest BCUT2D eigenvalue weighted by Gasteiger charge is -2.36. The number of esters is 2. The molecule has 0 amide bonds. The van der Waals surface area contributed by atoms with E-state index in [1.54, 1.807) is 30.3 Å². The van der Waals surface area contributed by atoms with Crippen LogP contribution in [0.2, 0.25) is 0 Å². The number of ether oxygens (including phenoxy) is 3. The van der Waals surface area contributed by atoms with Crippen molar-refractivity contribution in [1.82, 2.24) is 4.31 Å². The quantitative estimate of drug-likeness (QED) is 0.537. The highest BCUT2D eigenvalue weighted by atomic mass is 32.2. The van der Waals surface area contributed by atoms with Crippen LogP contribution < -0.4 is 10.6 Å². The standard InChI is InChI=1S/C26H26N4O7S/c1-35-25(31)22-21(17-6-4-3-5-7-17)20(16-27)24(28)30(23(22)26(32)36-2)18-8-10-19(11-9-18)38(33,34)29-12-14-37-15-13-29/h3-11,21H,12-15,28H2,1-2H3. The smallest absolute Gasteiger partial charge is 0.355 e. The number of benzene rings is 2. The summed E-state index contributed by atoms with van der Waals surface area (Å²) < 4.78 is 42.7. The van der Waals surface area contributed by atoms with Crippen LogP contribution in [-0.2, 0) is 33.8 Å². The molecule has 0 aliphatic carbocycles. The van der Waals surface area contributed by atoms with E-state index in [0.717, 1.165) is 14.2 Å². The minimum Gasteiger partial charge on any atom is -0.466 e. The second kappa shape index (κ2) is 11.1. The molecule has 0 spiro atoms. The summed E-state index contributed by atoms with van der Waals surface area (Å²) in [6.07, 6.45) is 0. The summed E-state index contributed by atoms with van der Waals surface area (Å²) in [5.74, 6) is -2.86. The fourth-order valence-electron chi connectivity index (χ4n) is 4.48. The summed E-state index contributed by atoms with van der Waals surface area (Å²) in [5, 5.41) is 10.1. The van der Waals surface area contributed by atoms with Crippen LogP contribution in [-0.4, -0.2) is 65.2 Å². The van der Waals surface area contributed by atoms with E-state index in [0.29, 0.717) is 18.8 Å². The third kappa shape index (κ3) is 4.74. The number of allylic oxidation sites excluding steroid dienone is 1. The summed E-state index contributed by atoms with van der Waals surface area (Å²) in [5.41, 5.74) is 6.88. The molecule has 2 aliphatic rings. The van der Waals surface area contributed by atoms with Crippen molar-refractivity contribution in [3.8, 4) is 6.07 Å². The summed E-state index contributed by atoms with van der Waals surface area (Å²) in [6, 6.07) is 16.3. The number of sulfonamides is 1. The van der Waals surface area contributed by atoms with E-state index in [4.69, 9.17) is 19.9 Å². The van der Waals surface area contributed by atoms with E-state index in [2.05, 4.69) is 6.07 Å². The predicted molar refractivity (Wildman–Crippen MR) is 136 cm³/mol. The van der Waals surface area contributed by atoms with Crippen molar-refractivity contribution in [2.75, 3.05) is 45.4 Å². The predicted octanol–water partition coefficient (Wildman–Crippen LogP) is 1.61. The molecule has 1 fully saturated rings. The van der Waals surface area contributed by atoms with Crippen molar-refractivity contribution in [1.29, 1.82) is 5.26 Å². The van der Waals surface area contributed by atoms with Gasteiger partial charge in [-0.2, -0.15) is 9.57 Å². The Morgan fingerprint density at radius 1 is 1.00 bits per heavy atom. The maximum atomic E-state index is 13.1. The van der Waals surface area contributed by atoms with Gasteiger partial charge in [0.25, 0.3) is 0 Å². The van der Waals surface area contributed by atoms with Crippen LogP contribution >= 0.6 is 0 Å². The summed E-state index contributed by atoms with van der Waals surface area (Å²) >= 11 is 0. The molecule has 1 atom stereocenters. The average Bonchev–Trinajstić information content (AvgIpc) is 2.96. The molecule has 198 valence electrons. The lowest BCUT2D eigenvalue weighted by molar-refractivity contribution is -0.139. The highest BCUT2D eigenvalue weighted by Gasteiger charge is 2.43. The first-order valence-electron chi connectivity index (χ1n) is 11.6. The van der Waals surface area contributed by atoms with Crippen LogP contribution in [0.3, 0.4) is 0 Å². The van der Waals surface area contributed by atoms with Gasteiger partial charge in [-0.1, -0.05) is 30.3 Å². The van der Waals surface area contributed by atoms with Crippen molar-refractivity contribution in [3.63, 3.8) is 0 Å². The first-order chi connectivity index (χ1) is 18.3. The average molecular weight is 539 g/mol. The molecule has 2 aromatic rings. The van der Waals surface area contributed by atoms with E-state index in [-0.39, 0.29) is 46.3 Å².